The first-order valence-corrected chi connectivity index (χ1v) is 8.26. The molecule has 0 aromatic rings. The fourth-order valence-corrected chi connectivity index (χ4v) is 2.86. The van der Waals surface area contributed by atoms with E-state index in [1.807, 2.05) is 27.7 Å². The number of hydrogen-bond acceptors (Lipinski definition) is 4. The van der Waals surface area contributed by atoms with Gasteiger partial charge in [-0.2, -0.15) is 0 Å². The lowest BCUT2D eigenvalue weighted by molar-refractivity contribution is -0.133. The summed E-state index contributed by atoms with van der Waals surface area (Å²) < 4.78 is 5.36. The van der Waals surface area contributed by atoms with Gasteiger partial charge in [-0.05, 0) is 18.8 Å². The van der Waals surface area contributed by atoms with E-state index in [9.17, 15) is 14.7 Å². The fraction of sp³-hybridized carbons (Fsp3) is 0.875. The van der Waals surface area contributed by atoms with Crippen LogP contribution in [0.2, 0.25) is 0 Å². The molecular weight excluding hydrogens is 284 g/mol. The van der Waals surface area contributed by atoms with Crippen molar-refractivity contribution in [3.8, 4) is 0 Å². The van der Waals surface area contributed by atoms with Crippen LogP contribution in [0.3, 0.4) is 0 Å². The van der Waals surface area contributed by atoms with Gasteiger partial charge in [-0.25, -0.2) is 4.79 Å². The first-order valence-electron chi connectivity index (χ1n) is 8.26. The van der Waals surface area contributed by atoms with Gasteiger partial charge in [0.15, 0.2) is 0 Å². The Balaban J connectivity index is 2.63. The summed E-state index contributed by atoms with van der Waals surface area (Å²) in [5.74, 6) is 0.162. The van der Waals surface area contributed by atoms with Crippen molar-refractivity contribution in [1.82, 2.24) is 10.2 Å². The van der Waals surface area contributed by atoms with Crippen LogP contribution in [0, 0.1) is 5.92 Å². The van der Waals surface area contributed by atoms with Crippen molar-refractivity contribution in [3.63, 3.8) is 0 Å². The molecule has 1 atom stereocenters. The van der Waals surface area contributed by atoms with E-state index in [0.29, 0.717) is 25.4 Å². The van der Waals surface area contributed by atoms with Crippen LogP contribution in [0.4, 0.5) is 4.79 Å². The normalized spacial score (nSPS) is 18.9. The lowest BCUT2D eigenvalue weighted by Crippen LogP contribution is -2.47. The molecule has 0 radical (unpaired) electrons. The number of urea groups is 1. The van der Waals surface area contributed by atoms with Gasteiger partial charge in [0, 0.05) is 6.61 Å². The predicted molar refractivity (Wildman–Crippen MR) is 84.5 cm³/mol. The molecule has 128 valence electrons. The highest BCUT2D eigenvalue weighted by molar-refractivity contribution is 6.07. The second kappa shape index (κ2) is 8.48. The van der Waals surface area contributed by atoms with E-state index in [1.165, 1.54) is 0 Å². The van der Waals surface area contributed by atoms with Crippen molar-refractivity contribution >= 4 is 11.9 Å². The van der Waals surface area contributed by atoms with Crippen LogP contribution in [0.25, 0.3) is 0 Å². The number of β-amino-alcohol motifs (C(OH)–C–C–N with tert-alkyl or cyclic N) is 1. The van der Waals surface area contributed by atoms with E-state index < -0.39 is 17.7 Å². The van der Waals surface area contributed by atoms with Crippen molar-refractivity contribution < 1.29 is 19.4 Å². The minimum atomic E-state index is -0.854. The standard InChI is InChI=1S/C16H30N2O4/c1-5-7-16(8-6-2)14(20)18(15(21)17-16)9-13(19)11-22-10-12(3)4/h12-13,19H,5-11H2,1-4H3,(H,17,21). The predicted octanol–water partition coefficient (Wildman–Crippen LogP) is 1.91. The van der Waals surface area contributed by atoms with Crippen molar-refractivity contribution in [2.75, 3.05) is 19.8 Å². The van der Waals surface area contributed by atoms with Crippen molar-refractivity contribution in [2.24, 2.45) is 5.92 Å². The zero-order valence-corrected chi connectivity index (χ0v) is 14.2. The number of amides is 3. The lowest BCUT2D eigenvalue weighted by Gasteiger charge is -2.26. The number of carbonyl (C=O) groups is 2. The molecule has 1 fully saturated rings. The van der Waals surface area contributed by atoms with E-state index in [1.54, 1.807) is 0 Å². The Kier molecular flexibility index (Phi) is 7.29. The monoisotopic (exact) mass is 314 g/mol. The number of ether oxygens (including phenoxy) is 1. The second-order valence-corrected chi connectivity index (χ2v) is 6.51. The summed E-state index contributed by atoms with van der Waals surface area (Å²) in [5.41, 5.74) is -0.793. The van der Waals surface area contributed by atoms with Crippen LogP contribution >= 0.6 is 0 Å². The molecule has 6 heteroatoms. The van der Waals surface area contributed by atoms with E-state index in [0.717, 1.165) is 17.7 Å². The number of rotatable bonds is 10. The largest absolute Gasteiger partial charge is 0.389 e. The fourth-order valence-electron chi connectivity index (χ4n) is 2.86. The third-order valence-corrected chi connectivity index (χ3v) is 3.75. The van der Waals surface area contributed by atoms with Gasteiger partial charge in [0.05, 0.1) is 19.3 Å². The molecule has 6 nitrogen and oxygen atoms in total. The maximum absolute atomic E-state index is 12.6. The van der Waals surface area contributed by atoms with E-state index in [-0.39, 0.29) is 19.1 Å². The summed E-state index contributed by atoms with van der Waals surface area (Å²) in [6, 6.07) is -0.408. The molecule has 1 rings (SSSR count). The molecule has 1 aliphatic heterocycles. The second-order valence-electron chi connectivity index (χ2n) is 6.51. The van der Waals surface area contributed by atoms with Gasteiger partial charge in [-0.1, -0.05) is 40.5 Å². The van der Waals surface area contributed by atoms with Gasteiger partial charge < -0.3 is 15.2 Å². The van der Waals surface area contributed by atoms with Crippen molar-refractivity contribution in [1.29, 1.82) is 0 Å². The maximum Gasteiger partial charge on any atom is 0.325 e. The molecule has 1 saturated heterocycles. The van der Waals surface area contributed by atoms with Gasteiger partial charge in [-0.15, -0.1) is 0 Å². The Morgan fingerprint density at radius 2 is 1.77 bits per heavy atom. The van der Waals surface area contributed by atoms with Gasteiger partial charge in [-0.3, -0.25) is 9.69 Å². The molecule has 0 aromatic heterocycles. The van der Waals surface area contributed by atoms with Crippen LogP contribution in [0.15, 0.2) is 0 Å². The number of hydrogen-bond donors (Lipinski definition) is 2. The van der Waals surface area contributed by atoms with Crippen LogP contribution in [-0.4, -0.2) is 53.3 Å². The van der Waals surface area contributed by atoms with Gasteiger partial charge in [0.2, 0.25) is 0 Å². The number of imide groups is 1. The van der Waals surface area contributed by atoms with Gasteiger partial charge in [0.1, 0.15) is 5.54 Å². The Morgan fingerprint density at radius 1 is 1.18 bits per heavy atom. The summed E-state index contributed by atoms with van der Waals surface area (Å²) in [7, 11) is 0. The SMILES string of the molecule is CCCC1(CCC)NC(=O)N(CC(O)COCC(C)C)C1=O. The molecule has 0 saturated carbocycles. The molecule has 0 bridgehead atoms. The van der Waals surface area contributed by atoms with Gasteiger partial charge in [0.25, 0.3) is 5.91 Å². The summed E-state index contributed by atoms with van der Waals surface area (Å²) in [4.78, 5) is 25.9. The Morgan fingerprint density at radius 3 is 2.27 bits per heavy atom. The molecule has 0 aliphatic carbocycles. The smallest absolute Gasteiger partial charge is 0.325 e. The highest BCUT2D eigenvalue weighted by atomic mass is 16.5. The molecule has 1 aliphatic rings. The lowest BCUT2D eigenvalue weighted by atomic mass is 9.88. The first kappa shape index (κ1) is 18.9. The van der Waals surface area contributed by atoms with E-state index >= 15 is 0 Å². The molecular formula is C16H30N2O4. The highest BCUT2D eigenvalue weighted by Gasteiger charge is 2.49. The molecule has 0 aromatic carbocycles. The number of nitrogens with zero attached hydrogens (tertiary/aromatic N) is 1. The van der Waals surface area contributed by atoms with Gasteiger partial charge >= 0.3 is 6.03 Å². The zero-order chi connectivity index (χ0) is 16.8. The number of carbonyl (C=O) groups excluding carboxylic acids is 2. The summed E-state index contributed by atoms with van der Waals surface area (Å²) in [6.07, 6.45) is 2.04. The van der Waals surface area contributed by atoms with E-state index in [2.05, 4.69) is 5.32 Å². The van der Waals surface area contributed by atoms with Crippen molar-refractivity contribution in [3.05, 3.63) is 0 Å². The zero-order valence-electron chi connectivity index (χ0n) is 14.2. The highest BCUT2D eigenvalue weighted by Crippen LogP contribution is 2.28. The van der Waals surface area contributed by atoms with Crippen LogP contribution < -0.4 is 5.32 Å². The Bertz CT molecular complexity index is 378. The minimum Gasteiger partial charge on any atom is -0.389 e. The summed E-state index contributed by atoms with van der Waals surface area (Å²) >= 11 is 0. The average Bonchev–Trinajstić information content (AvgIpc) is 2.64. The number of nitrogens with one attached hydrogen (secondary N) is 1. The molecule has 2 N–H and O–H groups in total. The summed E-state index contributed by atoms with van der Waals surface area (Å²) in [5, 5.41) is 12.8. The topological polar surface area (TPSA) is 78.9 Å². The first-order chi connectivity index (χ1) is 10.4. The third kappa shape index (κ3) is 4.68. The average molecular weight is 314 g/mol. The van der Waals surface area contributed by atoms with Crippen LogP contribution in [0.5, 0.6) is 0 Å². The third-order valence-electron chi connectivity index (χ3n) is 3.75. The van der Waals surface area contributed by atoms with Crippen LogP contribution in [-0.2, 0) is 9.53 Å². The molecule has 1 heterocycles. The maximum atomic E-state index is 12.6. The molecule has 0 spiro atoms. The molecule has 1 unspecified atom stereocenters. The van der Waals surface area contributed by atoms with E-state index in [4.69, 9.17) is 4.74 Å². The molecule has 22 heavy (non-hydrogen) atoms. The number of aliphatic hydroxyl groups excluding tert-OH is 1. The summed E-state index contributed by atoms with van der Waals surface area (Å²) in [6.45, 7) is 8.69. The Hall–Kier alpha value is -1.14. The molecule has 3 amide bonds. The quantitative estimate of drug-likeness (QED) is 0.604. The van der Waals surface area contributed by atoms with Crippen LogP contribution in [0.1, 0.15) is 53.4 Å². The Labute approximate surface area is 133 Å². The minimum absolute atomic E-state index is 0.0159. The van der Waals surface area contributed by atoms with Crippen molar-refractivity contribution in [2.45, 2.75) is 65.0 Å². The number of aliphatic hydroxyl groups is 1.